The molecule has 29 heavy (non-hydrogen) atoms. The number of anilines is 1. The summed E-state index contributed by atoms with van der Waals surface area (Å²) in [6.45, 7) is 4.19. The van der Waals surface area contributed by atoms with Gasteiger partial charge in [0, 0.05) is 29.6 Å². The first-order valence-electron chi connectivity index (χ1n) is 9.29. The fourth-order valence-electron chi connectivity index (χ4n) is 3.28. The van der Waals surface area contributed by atoms with Crippen molar-refractivity contribution in [1.29, 1.82) is 0 Å². The number of hydrogen-bond donors (Lipinski definition) is 1. The third-order valence-corrected chi connectivity index (χ3v) is 5.69. The predicted octanol–water partition coefficient (Wildman–Crippen LogP) is 4.17. The van der Waals surface area contributed by atoms with Crippen LogP contribution in [0.1, 0.15) is 16.9 Å². The summed E-state index contributed by atoms with van der Waals surface area (Å²) in [5.74, 6) is 0.315. The Hall–Kier alpha value is -3.32. The van der Waals surface area contributed by atoms with Crippen molar-refractivity contribution in [3.63, 3.8) is 0 Å². The number of carbonyl (C=O) groups excluding carboxylic acids is 1. The van der Waals surface area contributed by atoms with Gasteiger partial charge in [-0.1, -0.05) is 30.3 Å². The maximum Gasteiger partial charge on any atom is 0.262 e. The summed E-state index contributed by atoms with van der Waals surface area (Å²) in [4.78, 5) is 35.8. The van der Waals surface area contributed by atoms with Crippen molar-refractivity contribution in [3.05, 3.63) is 75.8 Å². The van der Waals surface area contributed by atoms with Crippen LogP contribution in [-0.4, -0.2) is 20.4 Å². The first-order valence-corrected chi connectivity index (χ1v) is 10.1. The lowest BCUT2D eigenvalue weighted by molar-refractivity contribution is -0.116. The van der Waals surface area contributed by atoms with Crippen LogP contribution >= 0.6 is 11.3 Å². The molecule has 146 valence electrons. The summed E-state index contributed by atoms with van der Waals surface area (Å²) in [6.07, 6.45) is 3.33. The zero-order valence-corrected chi connectivity index (χ0v) is 17.0. The number of pyridine rings is 1. The lowest BCUT2D eigenvalue weighted by Gasteiger charge is -2.08. The van der Waals surface area contributed by atoms with Gasteiger partial charge in [0.25, 0.3) is 5.56 Å². The molecule has 0 aliphatic carbocycles. The lowest BCUT2D eigenvalue weighted by Crippen LogP contribution is -2.23. The minimum atomic E-state index is -0.195. The zero-order valence-electron chi connectivity index (χ0n) is 16.2. The van der Waals surface area contributed by atoms with E-state index in [2.05, 4.69) is 15.3 Å². The fourth-order valence-corrected chi connectivity index (χ4v) is 4.28. The number of fused-ring (bicyclic) bond motifs is 1. The quantitative estimate of drug-likeness (QED) is 0.542. The molecule has 0 radical (unpaired) electrons. The second-order valence-electron chi connectivity index (χ2n) is 6.84. The van der Waals surface area contributed by atoms with Gasteiger partial charge in [0.1, 0.15) is 10.6 Å². The molecule has 6 nitrogen and oxygen atoms in total. The summed E-state index contributed by atoms with van der Waals surface area (Å²) in [7, 11) is 0. The molecule has 1 N–H and O–H groups in total. The molecule has 0 saturated carbocycles. The van der Waals surface area contributed by atoms with Crippen LogP contribution in [0, 0.1) is 13.8 Å². The van der Waals surface area contributed by atoms with E-state index in [0.29, 0.717) is 11.2 Å². The molecule has 3 heterocycles. The molecule has 3 aromatic heterocycles. The van der Waals surface area contributed by atoms with E-state index in [1.807, 2.05) is 50.2 Å². The molecule has 0 spiro atoms. The molecule has 0 atom stereocenters. The SMILES string of the molecule is Cc1ccnc(NC(=O)CCn2cnc3sc(C)c(-c4ccccc4)c3c2=O)c1. The highest BCUT2D eigenvalue weighted by atomic mass is 32.1. The number of hydrogen-bond acceptors (Lipinski definition) is 5. The fraction of sp³-hybridized carbons (Fsp3) is 0.182. The number of benzene rings is 1. The summed E-state index contributed by atoms with van der Waals surface area (Å²) in [6, 6.07) is 13.5. The number of thiophene rings is 1. The van der Waals surface area contributed by atoms with E-state index in [1.54, 1.807) is 12.3 Å². The van der Waals surface area contributed by atoms with E-state index in [-0.39, 0.29) is 24.4 Å². The highest BCUT2D eigenvalue weighted by Crippen LogP contribution is 2.35. The van der Waals surface area contributed by atoms with E-state index in [1.165, 1.54) is 22.2 Å². The van der Waals surface area contributed by atoms with Crippen molar-refractivity contribution in [1.82, 2.24) is 14.5 Å². The Morgan fingerprint density at radius 3 is 2.69 bits per heavy atom. The topological polar surface area (TPSA) is 76.9 Å². The van der Waals surface area contributed by atoms with Crippen molar-refractivity contribution in [2.24, 2.45) is 0 Å². The van der Waals surface area contributed by atoms with Crippen LogP contribution in [0.3, 0.4) is 0 Å². The molecule has 0 bridgehead atoms. The highest BCUT2D eigenvalue weighted by molar-refractivity contribution is 7.19. The van der Waals surface area contributed by atoms with Crippen molar-refractivity contribution >= 4 is 33.3 Å². The molecule has 0 aliphatic rings. The standard InChI is InChI=1S/C22H20N4O2S/c1-14-8-10-23-17(12-14)25-18(27)9-11-26-13-24-21-20(22(26)28)19(15(2)29-21)16-6-4-3-5-7-16/h3-8,10,12-13H,9,11H2,1-2H3,(H,23,25,27). The molecule has 1 amide bonds. The van der Waals surface area contributed by atoms with Gasteiger partial charge in [-0.3, -0.25) is 14.2 Å². The zero-order chi connectivity index (χ0) is 20.4. The highest BCUT2D eigenvalue weighted by Gasteiger charge is 2.17. The van der Waals surface area contributed by atoms with Crippen LogP contribution in [0.15, 0.2) is 59.8 Å². The number of nitrogens with one attached hydrogen (secondary N) is 1. The van der Waals surface area contributed by atoms with E-state index >= 15 is 0 Å². The molecule has 4 aromatic rings. The van der Waals surface area contributed by atoms with Gasteiger partial charge in [-0.15, -0.1) is 11.3 Å². The summed E-state index contributed by atoms with van der Waals surface area (Å²) in [5, 5.41) is 3.38. The average molecular weight is 404 g/mol. The van der Waals surface area contributed by atoms with E-state index in [9.17, 15) is 9.59 Å². The molecule has 0 fully saturated rings. The Kier molecular flexibility index (Phi) is 5.22. The third kappa shape index (κ3) is 3.95. The van der Waals surface area contributed by atoms with Crippen LogP contribution in [0.25, 0.3) is 21.3 Å². The van der Waals surface area contributed by atoms with E-state index in [4.69, 9.17) is 0 Å². The number of nitrogens with zero attached hydrogens (tertiary/aromatic N) is 3. The van der Waals surface area contributed by atoms with Crippen LogP contribution in [0.2, 0.25) is 0 Å². The van der Waals surface area contributed by atoms with Gasteiger partial charge in [0.2, 0.25) is 5.91 Å². The Morgan fingerprint density at radius 2 is 1.93 bits per heavy atom. The second kappa shape index (κ2) is 7.97. The Bertz CT molecular complexity index is 1240. The number of aromatic nitrogens is 3. The number of carbonyl (C=O) groups is 1. The first kappa shape index (κ1) is 19.0. The van der Waals surface area contributed by atoms with Gasteiger partial charge in [0.15, 0.2) is 0 Å². The monoisotopic (exact) mass is 404 g/mol. The summed E-state index contributed by atoms with van der Waals surface area (Å²) < 4.78 is 1.50. The number of aryl methyl sites for hydroxylation is 3. The van der Waals surface area contributed by atoms with Crippen molar-refractivity contribution in [2.75, 3.05) is 5.32 Å². The molecule has 7 heteroatoms. The van der Waals surface area contributed by atoms with Gasteiger partial charge in [-0.25, -0.2) is 9.97 Å². The van der Waals surface area contributed by atoms with Gasteiger partial charge < -0.3 is 5.32 Å². The summed E-state index contributed by atoms with van der Waals surface area (Å²) in [5.41, 5.74) is 2.81. The minimum Gasteiger partial charge on any atom is -0.311 e. The average Bonchev–Trinajstić information content (AvgIpc) is 3.05. The van der Waals surface area contributed by atoms with Crippen LogP contribution in [0.5, 0.6) is 0 Å². The smallest absolute Gasteiger partial charge is 0.262 e. The Balaban J connectivity index is 1.59. The minimum absolute atomic E-state index is 0.125. The van der Waals surface area contributed by atoms with Gasteiger partial charge >= 0.3 is 0 Å². The van der Waals surface area contributed by atoms with Gasteiger partial charge in [-0.05, 0) is 37.1 Å². The van der Waals surface area contributed by atoms with E-state index < -0.39 is 0 Å². The maximum absolute atomic E-state index is 13.1. The molecule has 0 saturated heterocycles. The van der Waals surface area contributed by atoms with Crippen molar-refractivity contribution in [3.8, 4) is 11.1 Å². The molecule has 0 aliphatic heterocycles. The number of amides is 1. The Morgan fingerprint density at radius 1 is 1.14 bits per heavy atom. The first-order chi connectivity index (χ1) is 14.0. The van der Waals surface area contributed by atoms with Crippen molar-refractivity contribution < 1.29 is 4.79 Å². The van der Waals surface area contributed by atoms with Crippen LogP contribution in [-0.2, 0) is 11.3 Å². The maximum atomic E-state index is 13.1. The van der Waals surface area contributed by atoms with Crippen LogP contribution < -0.4 is 10.9 Å². The normalized spacial score (nSPS) is 11.0. The summed E-state index contributed by atoms with van der Waals surface area (Å²) >= 11 is 1.51. The van der Waals surface area contributed by atoms with Gasteiger partial charge in [-0.2, -0.15) is 0 Å². The molecule has 1 aromatic carbocycles. The Labute approximate surface area is 171 Å². The van der Waals surface area contributed by atoms with Gasteiger partial charge in [0.05, 0.1) is 11.7 Å². The van der Waals surface area contributed by atoms with E-state index in [0.717, 1.165) is 26.4 Å². The molecular weight excluding hydrogens is 384 g/mol. The predicted molar refractivity (Wildman–Crippen MR) is 116 cm³/mol. The molecular formula is C22H20N4O2S. The third-order valence-electron chi connectivity index (χ3n) is 4.68. The van der Waals surface area contributed by atoms with Crippen molar-refractivity contribution in [2.45, 2.75) is 26.8 Å². The molecule has 4 rings (SSSR count). The largest absolute Gasteiger partial charge is 0.311 e. The molecule has 0 unspecified atom stereocenters. The van der Waals surface area contributed by atoms with Crippen LogP contribution in [0.4, 0.5) is 5.82 Å². The second-order valence-corrected chi connectivity index (χ2v) is 8.04. The lowest BCUT2D eigenvalue weighted by atomic mass is 10.0. The number of rotatable bonds is 5.